The van der Waals surface area contributed by atoms with Crippen LogP contribution in [-0.2, 0) is 4.79 Å². The predicted molar refractivity (Wildman–Crippen MR) is 101 cm³/mol. The summed E-state index contributed by atoms with van der Waals surface area (Å²) < 4.78 is 11.3. The van der Waals surface area contributed by atoms with Crippen LogP contribution < -0.4 is 14.8 Å². The second-order valence-electron chi connectivity index (χ2n) is 6.08. The van der Waals surface area contributed by atoms with Gasteiger partial charge in [0.15, 0.2) is 6.10 Å². The highest BCUT2D eigenvalue weighted by Gasteiger charge is 2.15. The third-order valence-corrected chi connectivity index (χ3v) is 4.24. The summed E-state index contributed by atoms with van der Waals surface area (Å²) in [6.07, 6.45) is -0.575. The number of aryl methyl sites for hydroxylation is 3. The fraction of sp³-hybridized carbons (Fsp3) is 0.350. The maximum Gasteiger partial charge on any atom is 0.260 e. The van der Waals surface area contributed by atoms with Gasteiger partial charge in [0, 0.05) is 5.02 Å². The van der Waals surface area contributed by atoms with Crippen LogP contribution in [0.2, 0.25) is 5.02 Å². The van der Waals surface area contributed by atoms with Crippen LogP contribution in [0.3, 0.4) is 0 Å². The first-order valence-electron chi connectivity index (χ1n) is 8.27. The largest absolute Gasteiger partial charge is 0.492 e. The molecule has 0 aliphatic carbocycles. The van der Waals surface area contributed by atoms with Crippen molar-refractivity contribution in [2.45, 2.75) is 33.8 Å². The van der Waals surface area contributed by atoms with E-state index in [-0.39, 0.29) is 5.91 Å². The van der Waals surface area contributed by atoms with Gasteiger partial charge in [-0.25, -0.2) is 0 Å². The Morgan fingerprint density at radius 3 is 2.56 bits per heavy atom. The Balaban J connectivity index is 1.77. The van der Waals surface area contributed by atoms with E-state index in [0.29, 0.717) is 23.9 Å². The van der Waals surface area contributed by atoms with Gasteiger partial charge in [0.25, 0.3) is 5.91 Å². The molecule has 1 amide bonds. The average molecular weight is 362 g/mol. The maximum atomic E-state index is 12.1. The SMILES string of the molecule is Cc1ccc(C)c(O[C@H](C)C(=O)NCCOc2ccc(C)c(Cl)c2)c1. The monoisotopic (exact) mass is 361 g/mol. The van der Waals surface area contributed by atoms with Crippen LogP contribution in [0.15, 0.2) is 36.4 Å². The number of hydrogen-bond acceptors (Lipinski definition) is 3. The number of ether oxygens (including phenoxy) is 2. The van der Waals surface area contributed by atoms with Crippen molar-refractivity contribution in [2.24, 2.45) is 0 Å². The Hall–Kier alpha value is -2.20. The highest BCUT2D eigenvalue weighted by Crippen LogP contribution is 2.22. The quantitative estimate of drug-likeness (QED) is 0.751. The summed E-state index contributed by atoms with van der Waals surface area (Å²) >= 11 is 6.05. The van der Waals surface area contributed by atoms with Gasteiger partial charge in [-0.2, -0.15) is 0 Å². The molecule has 2 aromatic carbocycles. The second-order valence-corrected chi connectivity index (χ2v) is 6.49. The van der Waals surface area contributed by atoms with Gasteiger partial charge in [0.1, 0.15) is 18.1 Å². The van der Waals surface area contributed by atoms with Crippen LogP contribution in [0.1, 0.15) is 23.6 Å². The van der Waals surface area contributed by atoms with E-state index in [1.54, 1.807) is 13.0 Å². The Labute approximate surface area is 154 Å². The third-order valence-electron chi connectivity index (χ3n) is 3.83. The topological polar surface area (TPSA) is 47.6 Å². The van der Waals surface area contributed by atoms with E-state index in [4.69, 9.17) is 21.1 Å². The van der Waals surface area contributed by atoms with Crippen LogP contribution in [-0.4, -0.2) is 25.2 Å². The normalized spacial score (nSPS) is 11.7. The molecule has 0 aliphatic rings. The second kappa shape index (κ2) is 8.77. The molecule has 0 spiro atoms. The molecule has 134 valence electrons. The lowest BCUT2D eigenvalue weighted by molar-refractivity contribution is -0.127. The molecule has 0 heterocycles. The Morgan fingerprint density at radius 1 is 1.12 bits per heavy atom. The standard InChI is InChI=1S/C20H24ClNO3/c1-13-5-6-15(3)19(11-13)25-16(4)20(23)22-9-10-24-17-8-7-14(2)18(21)12-17/h5-8,11-12,16H,9-10H2,1-4H3,(H,22,23)/t16-/m1/s1. The molecule has 1 atom stereocenters. The van der Waals surface area contributed by atoms with E-state index in [1.807, 2.05) is 51.1 Å². The molecule has 0 fully saturated rings. The summed E-state index contributed by atoms with van der Waals surface area (Å²) in [7, 11) is 0. The van der Waals surface area contributed by atoms with Gasteiger partial charge in [-0.15, -0.1) is 0 Å². The number of carbonyl (C=O) groups is 1. The van der Waals surface area contributed by atoms with Gasteiger partial charge in [-0.1, -0.05) is 29.8 Å². The minimum Gasteiger partial charge on any atom is -0.492 e. The highest BCUT2D eigenvalue weighted by atomic mass is 35.5. The number of halogens is 1. The first-order chi connectivity index (χ1) is 11.9. The summed E-state index contributed by atoms with van der Waals surface area (Å²) in [4.78, 5) is 12.1. The molecule has 0 aromatic heterocycles. The smallest absolute Gasteiger partial charge is 0.260 e. The van der Waals surface area contributed by atoms with Crippen molar-refractivity contribution >= 4 is 17.5 Å². The molecular weight excluding hydrogens is 338 g/mol. The van der Waals surface area contributed by atoms with Crippen LogP contribution >= 0.6 is 11.6 Å². The zero-order valence-corrected chi connectivity index (χ0v) is 15.8. The predicted octanol–water partition coefficient (Wildman–Crippen LogP) is 4.23. The molecule has 0 bridgehead atoms. The first-order valence-corrected chi connectivity index (χ1v) is 8.65. The molecule has 0 saturated heterocycles. The van der Waals surface area contributed by atoms with Crippen molar-refractivity contribution in [3.8, 4) is 11.5 Å². The molecular formula is C20H24ClNO3. The lowest BCUT2D eigenvalue weighted by atomic mass is 10.1. The van der Waals surface area contributed by atoms with Crippen LogP contribution in [0, 0.1) is 20.8 Å². The van der Waals surface area contributed by atoms with E-state index in [0.717, 1.165) is 22.4 Å². The molecule has 0 radical (unpaired) electrons. The summed E-state index contributed by atoms with van der Waals surface area (Å²) in [5, 5.41) is 3.48. The molecule has 5 heteroatoms. The zero-order valence-electron chi connectivity index (χ0n) is 15.1. The van der Waals surface area contributed by atoms with Gasteiger partial charge >= 0.3 is 0 Å². The lowest BCUT2D eigenvalue weighted by Crippen LogP contribution is -2.38. The van der Waals surface area contributed by atoms with Crippen LogP contribution in [0.4, 0.5) is 0 Å². The lowest BCUT2D eigenvalue weighted by Gasteiger charge is -2.17. The molecule has 2 aromatic rings. The van der Waals surface area contributed by atoms with Crippen molar-refractivity contribution in [1.82, 2.24) is 5.32 Å². The van der Waals surface area contributed by atoms with Gasteiger partial charge in [-0.3, -0.25) is 4.79 Å². The minimum absolute atomic E-state index is 0.175. The summed E-state index contributed by atoms with van der Waals surface area (Å²) in [5.41, 5.74) is 3.10. The van der Waals surface area contributed by atoms with Gasteiger partial charge in [-0.05, 0) is 62.6 Å². The molecule has 2 rings (SSSR count). The van der Waals surface area contributed by atoms with Crippen molar-refractivity contribution in [3.63, 3.8) is 0 Å². The van der Waals surface area contributed by atoms with E-state index in [9.17, 15) is 4.79 Å². The third kappa shape index (κ3) is 5.68. The molecule has 0 aliphatic heterocycles. The number of benzene rings is 2. The molecule has 25 heavy (non-hydrogen) atoms. The summed E-state index contributed by atoms with van der Waals surface area (Å²) in [6.45, 7) is 8.37. The average Bonchev–Trinajstić information content (AvgIpc) is 2.57. The first kappa shape index (κ1) is 19.1. The van der Waals surface area contributed by atoms with Gasteiger partial charge in [0.05, 0.1) is 6.54 Å². The molecule has 0 saturated carbocycles. The Bertz CT molecular complexity index is 746. The molecule has 0 unspecified atom stereocenters. The maximum absolute atomic E-state index is 12.1. The zero-order chi connectivity index (χ0) is 18.4. The summed E-state index contributed by atoms with van der Waals surface area (Å²) in [6, 6.07) is 11.5. The van der Waals surface area contributed by atoms with E-state index in [1.165, 1.54) is 0 Å². The molecule has 4 nitrogen and oxygen atoms in total. The van der Waals surface area contributed by atoms with Gasteiger partial charge < -0.3 is 14.8 Å². The fourth-order valence-electron chi connectivity index (χ4n) is 2.23. The van der Waals surface area contributed by atoms with E-state index in [2.05, 4.69) is 5.32 Å². The number of rotatable bonds is 7. The van der Waals surface area contributed by atoms with Crippen molar-refractivity contribution in [1.29, 1.82) is 0 Å². The van der Waals surface area contributed by atoms with Crippen molar-refractivity contribution in [3.05, 3.63) is 58.1 Å². The number of hydrogen-bond donors (Lipinski definition) is 1. The van der Waals surface area contributed by atoms with Crippen LogP contribution in [0.25, 0.3) is 0 Å². The Kier molecular flexibility index (Phi) is 6.71. The molecule has 1 N–H and O–H groups in total. The van der Waals surface area contributed by atoms with Gasteiger partial charge in [0.2, 0.25) is 0 Å². The highest BCUT2D eigenvalue weighted by molar-refractivity contribution is 6.31. The van der Waals surface area contributed by atoms with Crippen molar-refractivity contribution < 1.29 is 14.3 Å². The minimum atomic E-state index is -0.575. The number of amides is 1. The fourth-order valence-corrected chi connectivity index (χ4v) is 2.40. The van der Waals surface area contributed by atoms with E-state index >= 15 is 0 Å². The Morgan fingerprint density at radius 2 is 1.84 bits per heavy atom. The van der Waals surface area contributed by atoms with Crippen molar-refractivity contribution in [2.75, 3.05) is 13.2 Å². The van der Waals surface area contributed by atoms with E-state index < -0.39 is 6.10 Å². The number of carbonyl (C=O) groups excluding carboxylic acids is 1. The number of nitrogens with one attached hydrogen (secondary N) is 1. The summed E-state index contributed by atoms with van der Waals surface area (Å²) in [5.74, 6) is 1.24. The van der Waals surface area contributed by atoms with Crippen LogP contribution in [0.5, 0.6) is 11.5 Å².